The summed E-state index contributed by atoms with van der Waals surface area (Å²) in [7, 11) is 0. The minimum Gasteiger partial charge on any atom is -0.481 e. The molecular formula is C96H134N24O12. The second-order valence-corrected chi connectivity index (χ2v) is 33.6. The van der Waals surface area contributed by atoms with Crippen LogP contribution in [0.1, 0.15) is 58.4 Å². The fourth-order valence-electron chi connectivity index (χ4n) is 15.9. The van der Waals surface area contributed by atoms with E-state index < -0.39 is 23.9 Å². The van der Waals surface area contributed by atoms with Gasteiger partial charge in [-0.3, -0.25) is 117 Å². The molecule has 2 saturated heterocycles. The maximum atomic E-state index is 14.0. The minimum absolute atomic E-state index is 0.0350. The Kier molecular flexibility index (Phi) is 45.9. The third-order valence-corrected chi connectivity index (χ3v) is 23.5. The maximum Gasteiger partial charge on any atom is 0.317 e. The van der Waals surface area contributed by atoms with Gasteiger partial charge in [-0.2, -0.15) is 0 Å². The molecule has 8 N–H and O–H groups in total. The number of pyridine rings is 8. The zero-order chi connectivity index (χ0) is 93.0. The second kappa shape index (κ2) is 59.1. The second-order valence-electron chi connectivity index (χ2n) is 33.6. The molecule has 0 aliphatic carbocycles. The Morgan fingerprint density at radius 3 is 0.720 bits per heavy atom. The van der Waals surface area contributed by atoms with Crippen LogP contribution in [-0.4, -0.2) is 415 Å². The molecule has 710 valence electrons. The summed E-state index contributed by atoms with van der Waals surface area (Å²) < 4.78 is 0. The SMILES string of the molecule is O=C(O)CCN1CCN(CC(=O)NCCN(CCc2ccccn2)CCc2ccccn2)CCN(CC(=O)O)CCN(CC(=O)NCCN(CCc2ccccn2)CCc2ccc(-c3ccc(CN(CCNC(=O)CN4CCN(CCC(=O)O)CCN(CC(=O)NCCN(CCc5ccccn5)Cc5ccccn5)CCN(CC(=O)O)CC4)CCc4ccccn4)nc3)cn2)CC1. The largest absolute Gasteiger partial charge is 0.481 e. The number of carbonyl (C=O) groups excluding carboxylic acids is 4. The average molecular weight is 1820 g/mol. The number of rotatable bonds is 53. The van der Waals surface area contributed by atoms with Crippen LogP contribution in [0.3, 0.4) is 0 Å². The zero-order valence-electron chi connectivity index (χ0n) is 76.3. The quantitative estimate of drug-likeness (QED) is 0.0271. The van der Waals surface area contributed by atoms with Crippen LogP contribution in [-0.2, 0) is 90.0 Å². The van der Waals surface area contributed by atoms with Gasteiger partial charge in [0.05, 0.1) is 63.5 Å². The van der Waals surface area contributed by atoms with E-state index in [4.69, 9.17) is 9.97 Å². The molecule has 0 bridgehead atoms. The topological polar surface area (TPSA) is 408 Å². The summed E-state index contributed by atoms with van der Waals surface area (Å²) in [5, 5.41) is 52.3. The van der Waals surface area contributed by atoms with Gasteiger partial charge >= 0.3 is 23.9 Å². The number of carboxylic acid groups (broad SMARTS) is 4. The van der Waals surface area contributed by atoms with Crippen molar-refractivity contribution in [2.24, 2.45) is 0 Å². The van der Waals surface area contributed by atoms with E-state index in [2.05, 4.69) is 80.6 Å². The number of nitrogens with one attached hydrogen (secondary N) is 4. The zero-order valence-corrected chi connectivity index (χ0v) is 76.3. The molecule has 8 aromatic heterocycles. The standard InChI is InChI=1S/C96H134N24O12/c121-89(103-37-49-109(41-23-81-13-1-7-31-97-81)42-24-82-14-2-8-32-98-82)73-115-57-53-111(47-29-93(125)126)54-58-116(62-66-119(65-61-115)77-95(129)130)74-90(122)104-38-50-110(43-25-83-15-3-9-33-99-83)44-26-86-21-19-79(69-107-86)80-20-22-88(108-70-80)72-114(46-28-85-17-5-11-35-101-85)52-40-106-92(124)76-118-60-56-112(48-30-94(127)128)55-59-117(63-67-120(68-64-118)78-96(131)132)75-91(123)105-39-51-113(71-87-18-6-12-36-102-87)45-27-84-16-4-10-34-100-84/h1-22,31-36,69-70H,23-30,37-68,71-78H2,(H,103,121)(H,104,122)(H,105,123)(H,106,124)(H,125,126)(H,127,128)(H,129,130)(H,131,132). The predicted octanol–water partition coefficient (Wildman–Crippen LogP) is 2.20. The van der Waals surface area contributed by atoms with E-state index in [9.17, 15) is 58.8 Å². The normalized spacial score (nSPS) is 15.1. The van der Waals surface area contributed by atoms with Crippen LogP contribution >= 0.6 is 0 Å². The van der Waals surface area contributed by atoms with Gasteiger partial charge in [-0.05, 0) is 84.9 Å². The molecule has 36 nitrogen and oxygen atoms in total. The Balaban J connectivity index is 0.688. The number of hydrogen-bond donors (Lipinski definition) is 8. The van der Waals surface area contributed by atoms with Crippen molar-refractivity contribution in [3.8, 4) is 11.1 Å². The van der Waals surface area contributed by atoms with E-state index in [1.165, 1.54) is 0 Å². The highest BCUT2D eigenvalue weighted by Gasteiger charge is 2.26. The summed E-state index contributed by atoms with van der Waals surface area (Å²) in [4.78, 5) is 166. The van der Waals surface area contributed by atoms with Crippen molar-refractivity contribution in [3.63, 3.8) is 0 Å². The van der Waals surface area contributed by atoms with Crippen molar-refractivity contribution in [1.29, 1.82) is 0 Å². The van der Waals surface area contributed by atoms with Crippen molar-refractivity contribution >= 4 is 47.5 Å². The lowest BCUT2D eigenvalue weighted by molar-refractivity contribution is -0.139. The lowest BCUT2D eigenvalue weighted by Crippen LogP contribution is -2.50. The van der Waals surface area contributed by atoms with Gasteiger partial charge in [0, 0.05) is 356 Å². The van der Waals surface area contributed by atoms with Crippen LogP contribution in [0.5, 0.6) is 0 Å². The Bertz CT molecular complexity index is 4610. The Hall–Kier alpha value is -11.5. The Labute approximate surface area is 775 Å². The first-order chi connectivity index (χ1) is 64.3. The van der Waals surface area contributed by atoms with Crippen molar-refractivity contribution in [3.05, 3.63) is 229 Å². The number of nitrogens with zero attached hydrogens (tertiary/aromatic N) is 20. The first kappa shape index (κ1) is 103. The van der Waals surface area contributed by atoms with Gasteiger partial charge in [0.15, 0.2) is 0 Å². The van der Waals surface area contributed by atoms with Crippen molar-refractivity contribution in [2.45, 2.75) is 64.5 Å². The number of carboxylic acids is 4. The van der Waals surface area contributed by atoms with Crippen LogP contribution in [0.2, 0.25) is 0 Å². The van der Waals surface area contributed by atoms with Crippen LogP contribution in [0.25, 0.3) is 11.1 Å². The fraction of sp³-hybridized carbons (Fsp3) is 0.500. The molecule has 2 aliphatic rings. The molecular weight excluding hydrogens is 1680 g/mol. The van der Waals surface area contributed by atoms with E-state index in [1.807, 2.05) is 175 Å². The van der Waals surface area contributed by atoms with Gasteiger partial charge in [-0.25, -0.2) is 0 Å². The smallest absolute Gasteiger partial charge is 0.317 e. The van der Waals surface area contributed by atoms with E-state index in [0.717, 1.165) is 89.0 Å². The van der Waals surface area contributed by atoms with Gasteiger partial charge in [0.25, 0.3) is 0 Å². The maximum absolute atomic E-state index is 14.0. The van der Waals surface area contributed by atoms with E-state index >= 15 is 0 Å². The molecule has 0 radical (unpaired) electrons. The summed E-state index contributed by atoms with van der Waals surface area (Å²) in [6.45, 7) is 15.6. The highest BCUT2D eigenvalue weighted by atomic mass is 16.4. The van der Waals surface area contributed by atoms with Gasteiger partial charge < -0.3 is 61.3 Å². The summed E-state index contributed by atoms with van der Waals surface area (Å²) in [6.07, 6.45) is 18.4. The third kappa shape index (κ3) is 42.4. The summed E-state index contributed by atoms with van der Waals surface area (Å²) in [5.74, 6) is -4.57. The van der Waals surface area contributed by atoms with E-state index in [-0.39, 0.29) is 88.8 Å². The highest BCUT2D eigenvalue weighted by molar-refractivity contribution is 5.79. The summed E-state index contributed by atoms with van der Waals surface area (Å²) in [6, 6.07) is 43.2. The first-order valence-corrected chi connectivity index (χ1v) is 46.2. The molecule has 0 atom stereocenters. The molecule has 0 saturated carbocycles. The highest BCUT2D eigenvalue weighted by Crippen LogP contribution is 2.20. The van der Waals surface area contributed by atoms with Crippen LogP contribution in [0, 0.1) is 0 Å². The Morgan fingerprint density at radius 1 is 0.250 bits per heavy atom. The minimum atomic E-state index is -0.991. The molecule has 0 aromatic carbocycles. The molecule has 4 amide bonds. The van der Waals surface area contributed by atoms with Gasteiger partial charge in [0.1, 0.15) is 0 Å². The lowest BCUT2D eigenvalue weighted by Gasteiger charge is -2.33. The molecule has 2 fully saturated rings. The molecule has 8 aromatic rings. The number of hydrogen-bond acceptors (Lipinski definition) is 28. The molecule has 36 heteroatoms. The Morgan fingerprint density at radius 2 is 0.477 bits per heavy atom. The molecule has 0 unspecified atom stereocenters. The third-order valence-electron chi connectivity index (χ3n) is 23.5. The van der Waals surface area contributed by atoms with E-state index in [1.54, 1.807) is 37.2 Å². The van der Waals surface area contributed by atoms with Crippen LogP contribution < -0.4 is 21.3 Å². The van der Waals surface area contributed by atoms with Crippen LogP contribution in [0.4, 0.5) is 0 Å². The fourth-order valence-corrected chi connectivity index (χ4v) is 15.9. The van der Waals surface area contributed by atoms with Gasteiger partial charge in [0.2, 0.25) is 23.6 Å². The molecule has 0 spiro atoms. The molecule has 2 aliphatic heterocycles. The van der Waals surface area contributed by atoms with Crippen molar-refractivity contribution in [1.82, 2.24) is 120 Å². The predicted molar refractivity (Wildman–Crippen MR) is 502 cm³/mol. The molecule has 10 rings (SSSR count). The lowest BCUT2D eigenvalue weighted by atomic mass is 10.1. The van der Waals surface area contributed by atoms with Crippen LogP contribution in [0.15, 0.2) is 183 Å². The van der Waals surface area contributed by atoms with Gasteiger partial charge in [-0.1, -0.05) is 48.5 Å². The van der Waals surface area contributed by atoms with Crippen molar-refractivity contribution < 1.29 is 58.8 Å². The molecule has 10 heterocycles. The number of aliphatic carboxylic acids is 4. The molecule has 132 heavy (non-hydrogen) atoms. The summed E-state index contributed by atoms with van der Waals surface area (Å²) >= 11 is 0. The first-order valence-electron chi connectivity index (χ1n) is 46.2. The monoisotopic (exact) mass is 1820 g/mol. The van der Waals surface area contributed by atoms with Crippen molar-refractivity contribution in [2.75, 3.05) is 249 Å². The number of amides is 4. The number of aromatic nitrogens is 8. The van der Waals surface area contributed by atoms with E-state index in [0.29, 0.717) is 216 Å². The van der Waals surface area contributed by atoms with Gasteiger partial charge in [-0.15, -0.1) is 0 Å². The number of carbonyl (C=O) groups is 8. The average Bonchev–Trinajstić information content (AvgIpc) is 0.843. The summed E-state index contributed by atoms with van der Waals surface area (Å²) in [5.41, 5.74) is 9.23.